The number of nitrogens with zero attached hydrogens (tertiary/aromatic N) is 7. The maximum atomic E-state index is 13.9. The molecule has 0 saturated carbocycles. The van der Waals surface area contributed by atoms with Crippen LogP contribution in [0.25, 0.3) is 11.5 Å². The molecule has 0 aliphatic rings. The zero-order valence-electron chi connectivity index (χ0n) is 16.7. The van der Waals surface area contributed by atoms with Crippen LogP contribution >= 0.6 is 0 Å². The predicted octanol–water partition coefficient (Wildman–Crippen LogP) is 3.44. The molecule has 0 unspecified atom stereocenters. The van der Waals surface area contributed by atoms with Gasteiger partial charge in [0.15, 0.2) is 11.5 Å². The van der Waals surface area contributed by atoms with Gasteiger partial charge >= 0.3 is 6.18 Å². The fourth-order valence-corrected chi connectivity index (χ4v) is 3.12. The van der Waals surface area contributed by atoms with Crippen molar-refractivity contribution in [3.8, 4) is 17.6 Å². The summed E-state index contributed by atoms with van der Waals surface area (Å²) < 4.78 is 55.6. The number of hydrogen-bond acceptors (Lipinski definition) is 6. The molecule has 13 heteroatoms. The van der Waals surface area contributed by atoms with Crippen molar-refractivity contribution < 1.29 is 22.4 Å². The normalized spacial score (nSPS) is 11.3. The predicted molar refractivity (Wildman–Crippen MR) is 105 cm³/mol. The standard InChI is InChI=1S/C20H12F4N8O/c1-11-6-13(21)2-3-16(11)31-17(20(22,23)24)15(10-29-31)19(33)30-14-7-12(8-25)18(26-9-14)32-27-4-5-28-32/h2-7,9-10H,1H3,(H,30,33). The molecular weight excluding hydrogens is 444 g/mol. The SMILES string of the molecule is Cc1cc(F)ccc1-n1ncc(C(=O)Nc2cnc(-n3nccn3)c(C#N)c2)c1C(F)(F)F. The van der Waals surface area contributed by atoms with Crippen LogP contribution in [0.15, 0.2) is 49.1 Å². The lowest BCUT2D eigenvalue weighted by atomic mass is 10.1. The number of amides is 1. The van der Waals surface area contributed by atoms with Gasteiger partial charge < -0.3 is 5.32 Å². The van der Waals surface area contributed by atoms with E-state index in [9.17, 15) is 27.6 Å². The molecule has 4 aromatic rings. The van der Waals surface area contributed by atoms with E-state index in [2.05, 4.69) is 25.6 Å². The van der Waals surface area contributed by atoms with E-state index in [1.165, 1.54) is 25.4 Å². The minimum absolute atomic E-state index is 0.0160. The quantitative estimate of drug-likeness (QED) is 0.471. The molecule has 4 rings (SSSR count). The van der Waals surface area contributed by atoms with Crippen LogP contribution in [0.5, 0.6) is 0 Å². The number of anilines is 1. The maximum absolute atomic E-state index is 13.9. The number of halogens is 4. The average Bonchev–Trinajstić information content (AvgIpc) is 3.43. The molecule has 0 atom stereocenters. The number of carbonyl (C=O) groups is 1. The second-order valence-electron chi connectivity index (χ2n) is 6.73. The zero-order chi connectivity index (χ0) is 23.8. The highest BCUT2D eigenvalue weighted by Crippen LogP contribution is 2.34. The third-order valence-electron chi connectivity index (χ3n) is 4.52. The molecule has 166 valence electrons. The van der Waals surface area contributed by atoms with Crippen molar-refractivity contribution in [3.63, 3.8) is 0 Å². The van der Waals surface area contributed by atoms with Crippen LogP contribution < -0.4 is 5.32 Å². The molecule has 0 spiro atoms. The highest BCUT2D eigenvalue weighted by molar-refractivity contribution is 6.05. The van der Waals surface area contributed by atoms with Crippen molar-refractivity contribution in [2.24, 2.45) is 0 Å². The number of alkyl halides is 3. The molecule has 0 radical (unpaired) electrons. The monoisotopic (exact) mass is 456 g/mol. The molecular formula is C20H12F4N8O. The smallest absolute Gasteiger partial charge is 0.320 e. The number of nitrogens with one attached hydrogen (secondary N) is 1. The largest absolute Gasteiger partial charge is 0.434 e. The van der Waals surface area contributed by atoms with Crippen LogP contribution in [0, 0.1) is 24.1 Å². The van der Waals surface area contributed by atoms with Gasteiger partial charge in [-0.2, -0.15) is 33.7 Å². The minimum atomic E-state index is -4.95. The minimum Gasteiger partial charge on any atom is -0.320 e. The van der Waals surface area contributed by atoms with Gasteiger partial charge in [0, 0.05) is 0 Å². The van der Waals surface area contributed by atoms with Crippen LogP contribution in [-0.4, -0.2) is 35.7 Å². The van der Waals surface area contributed by atoms with Gasteiger partial charge in [-0.25, -0.2) is 14.1 Å². The second kappa shape index (κ2) is 8.15. The molecule has 0 aliphatic heterocycles. The van der Waals surface area contributed by atoms with Crippen LogP contribution in [-0.2, 0) is 6.18 Å². The number of nitriles is 1. The molecule has 0 bridgehead atoms. The lowest BCUT2D eigenvalue weighted by Gasteiger charge is -2.14. The Morgan fingerprint density at radius 2 is 1.85 bits per heavy atom. The molecule has 1 aromatic carbocycles. The Morgan fingerprint density at radius 3 is 2.48 bits per heavy atom. The van der Waals surface area contributed by atoms with Crippen molar-refractivity contribution in [1.29, 1.82) is 5.26 Å². The van der Waals surface area contributed by atoms with Crippen LogP contribution in [0.4, 0.5) is 23.2 Å². The van der Waals surface area contributed by atoms with Crippen molar-refractivity contribution in [1.82, 2.24) is 29.8 Å². The van der Waals surface area contributed by atoms with E-state index < -0.39 is 29.2 Å². The Bertz CT molecular complexity index is 1390. The van der Waals surface area contributed by atoms with E-state index in [1.54, 1.807) is 0 Å². The molecule has 33 heavy (non-hydrogen) atoms. The summed E-state index contributed by atoms with van der Waals surface area (Å²) in [4.78, 5) is 17.8. The molecule has 3 aromatic heterocycles. The summed E-state index contributed by atoms with van der Waals surface area (Å²) in [5, 5.41) is 23.1. The maximum Gasteiger partial charge on any atom is 0.434 e. The fraction of sp³-hybridized carbons (Fsp3) is 0.100. The van der Waals surface area contributed by atoms with E-state index >= 15 is 0 Å². The van der Waals surface area contributed by atoms with Gasteiger partial charge in [0.25, 0.3) is 5.91 Å². The number of carbonyl (C=O) groups excluding carboxylic acids is 1. The van der Waals surface area contributed by atoms with E-state index in [-0.39, 0.29) is 28.3 Å². The van der Waals surface area contributed by atoms with E-state index in [0.717, 1.165) is 35.4 Å². The number of aromatic nitrogens is 6. The highest BCUT2D eigenvalue weighted by Gasteiger charge is 2.41. The number of rotatable bonds is 4. The zero-order valence-corrected chi connectivity index (χ0v) is 16.7. The topological polar surface area (TPSA) is 114 Å². The van der Waals surface area contributed by atoms with Gasteiger partial charge in [0.1, 0.15) is 17.4 Å². The summed E-state index contributed by atoms with van der Waals surface area (Å²) in [5.74, 6) is -1.66. The van der Waals surface area contributed by atoms with Crippen molar-refractivity contribution in [2.75, 3.05) is 5.32 Å². The Hall–Kier alpha value is -4.60. The number of benzene rings is 1. The average molecular weight is 456 g/mol. The van der Waals surface area contributed by atoms with Crippen molar-refractivity contribution in [3.05, 3.63) is 77.3 Å². The number of pyridine rings is 1. The molecule has 1 N–H and O–H groups in total. The summed E-state index contributed by atoms with van der Waals surface area (Å²) in [6.45, 7) is 1.42. The van der Waals surface area contributed by atoms with Gasteiger partial charge in [-0.3, -0.25) is 4.79 Å². The Morgan fingerprint density at radius 1 is 1.12 bits per heavy atom. The van der Waals surface area contributed by atoms with Gasteiger partial charge in [0.2, 0.25) is 0 Å². The summed E-state index contributed by atoms with van der Waals surface area (Å²) in [6, 6.07) is 6.29. The molecule has 0 saturated heterocycles. The molecule has 0 aliphatic carbocycles. The summed E-state index contributed by atoms with van der Waals surface area (Å²) in [5.41, 5.74) is -1.97. The fourth-order valence-electron chi connectivity index (χ4n) is 3.12. The summed E-state index contributed by atoms with van der Waals surface area (Å²) >= 11 is 0. The first kappa shape index (κ1) is 21.6. The van der Waals surface area contributed by atoms with Crippen LogP contribution in [0.3, 0.4) is 0 Å². The molecule has 3 heterocycles. The first-order valence-electron chi connectivity index (χ1n) is 9.19. The van der Waals surface area contributed by atoms with E-state index in [0.29, 0.717) is 4.68 Å². The van der Waals surface area contributed by atoms with Crippen molar-refractivity contribution >= 4 is 11.6 Å². The molecule has 1 amide bonds. The first-order chi connectivity index (χ1) is 15.7. The lowest BCUT2D eigenvalue weighted by Crippen LogP contribution is -2.21. The van der Waals surface area contributed by atoms with Gasteiger partial charge in [-0.1, -0.05) is 0 Å². The summed E-state index contributed by atoms with van der Waals surface area (Å²) in [7, 11) is 0. The Balaban J connectivity index is 1.71. The lowest BCUT2D eigenvalue weighted by molar-refractivity contribution is -0.143. The Kier molecular flexibility index (Phi) is 5.34. The molecule has 9 nitrogen and oxygen atoms in total. The Labute approximate surface area is 182 Å². The number of hydrogen-bond donors (Lipinski definition) is 1. The third-order valence-corrected chi connectivity index (χ3v) is 4.52. The van der Waals surface area contributed by atoms with E-state index in [1.807, 2.05) is 6.07 Å². The third kappa shape index (κ3) is 4.13. The van der Waals surface area contributed by atoms with E-state index in [4.69, 9.17) is 0 Å². The summed E-state index contributed by atoms with van der Waals surface area (Å²) in [6.07, 6.45) is -0.286. The number of aryl methyl sites for hydroxylation is 1. The second-order valence-corrected chi connectivity index (χ2v) is 6.73. The van der Waals surface area contributed by atoms with Gasteiger partial charge in [-0.15, -0.1) is 4.80 Å². The van der Waals surface area contributed by atoms with Gasteiger partial charge in [0.05, 0.1) is 41.7 Å². The van der Waals surface area contributed by atoms with Gasteiger partial charge in [-0.05, 0) is 36.8 Å². The highest BCUT2D eigenvalue weighted by atomic mass is 19.4. The van der Waals surface area contributed by atoms with Crippen LogP contribution in [0.2, 0.25) is 0 Å². The van der Waals surface area contributed by atoms with Crippen molar-refractivity contribution in [2.45, 2.75) is 13.1 Å². The molecule has 0 fully saturated rings. The van der Waals surface area contributed by atoms with Crippen LogP contribution in [0.1, 0.15) is 27.2 Å². The first-order valence-corrected chi connectivity index (χ1v) is 9.19.